The molecule has 1 aliphatic heterocycles. The normalized spacial score (nSPS) is 27.2. The molecule has 0 aromatic heterocycles. The summed E-state index contributed by atoms with van der Waals surface area (Å²) in [6, 6.07) is 0.350. The van der Waals surface area contributed by atoms with Gasteiger partial charge in [0.05, 0.1) is 0 Å². The van der Waals surface area contributed by atoms with Crippen molar-refractivity contribution in [3.63, 3.8) is 0 Å². The van der Waals surface area contributed by atoms with Crippen LogP contribution in [0.5, 0.6) is 0 Å². The number of amides is 1. The third-order valence-electron chi connectivity index (χ3n) is 2.31. The molecule has 1 saturated heterocycles. The highest BCUT2D eigenvalue weighted by Gasteiger charge is 2.26. The molecule has 1 unspecified atom stereocenters. The van der Waals surface area contributed by atoms with Gasteiger partial charge in [-0.25, -0.2) is 0 Å². The van der Waals surface area contributed by atoms with Crippen LogP contribution in [0.25, 0.3) is 0 Å². The van der Waals surface area contributed by atoms with Gasteiger partial charge in [0.15, 0.2) is 0 Å². The van der Waals surface area contributed by atoms with Gasteiger partial charge in [0.25, 0.3) is 0 Å². The molecule has 0 bridgehead atoms. The fourth-order valence-corrected chi connectivity index (χ4v) is 2.83. The molecule has 1 atom stereocenters. The molecule has 2 rings (SSSR count). The van der Waals surface area contributed by atoms with Crippen LogP contribution in [0.2, 0.25) is 0 Å². The van der Waals surface area contributed by atoms with E-state index in [4.69, 9.17) is 5.73 Å². The van der Waals surface area contributed by atoms with E-state index >= 15 is 0 Å². The zero-order valence-electron chi connectivity index (χ0n) is 7.25. The highest BCUT2D eigenvalue weighted by Crippen LogP contribution is 2.33. The quantitative estimate of drug-likeness (QED) is 0.650. The van der Waals surface area contributed by atoms with Gasteiger partial charge in [0.2, 0.25) is 5.91 Å². The van der Waals surface area contributed by atoms with E-state index in [1.807, 2.05) is 12.2 Å². The van der Waals surface area contributed by atoms with Crippen molar-refractivity contribution < 1.29 is 4.79 Å². The molecular weight excluding hydrogens is 184 g/mol. The van der Waals surface area contributed by atoms with Crippen molar-refractivity contribution in [2.45, 2.75) is 18.9 Å². The number of nitrogens with one attached hydrogen (secondary N) is 1. The number of hydrogen-bond donors (Lipinski definition) is 2. The lowest BCUT2D eigenvalue weighted by atomic mass is 10.1. The zero-order chi connectivity index (χ0) is 9.26. The minimum atomic E-state index is -0.311. The van der Waals surface area contributed by atoms with Crippen LogP contribution in [-0.4, -0.2) is 17.8 Å². The summed E-state index contributed by atoms with van der Waals surface area (Å²) < 4.78 is 0. The van der Waals surface area contributed by atoms with Crippen LogP contribution in [0.15, 0.2) is 22.6 Å². The van der Waals surface area contributed by atoms with Gasteiger partial charge in [-0.05, 0) is 12.8 Å². The molecule has 0 radical (unpaired) electrons. The number of fused-ring (bicyclic) bond motifs is 1. The highest BCUT2D eigenvalue weighted by molar-refractivity contribution is 8.03. The standard InChI is InChI=1S/C9H12N2OS/c10-9(12)6-3-1-2-4-7-8(6)13-5-11-7/h1,3,7,11H,2,4-5H2,(H2,10,12). The summed E-state index contributed by atoms with van der Waals surface area (Å²) >= 11 is 1.69. The Morgan fingerprint density at radius 2 is 2.54 bits per heavy atom. The van der Waals surface area contributed by atoms with Crippen LogP contribution in [0.3, 0.4) is 0 Å². The summed E-state index contributed by atoms with van der Waals surface area (Å²) in [6.07, 6.45) is 5.96. The average molecular weight is 196 g/mol. The lowest BCUT2D eigenvalue weighted by Crippen LogP contribution is -2.24. The molecule has 13 heavy (non-hydrogen) atoms. The Morgan fingerprint density at radius 1 is 1.69 bits per heavy atom. The van der Waals surface area contributed by atoms with E-state index in [0.717, 1.165) is 23.6 Å². The third kappa shape index (κ3) is 1.64. The highest BCUT2D eigenvalue weighted by atomic mass is 32.2. The average Bonchev–Trinajstić information content (AvgIpc) is 2.44. The van der Waals surface area contributed by atoms with E-state index in [-0.39, 0.29) is 5.91 Å². The Hall–Kier alpha value is -0.740. The van der Waals surface area contributed by atoms with E-state index in [9.17, 15) is 4.79 Å². The maximum atomic E-state index is 11.1. The Morgan fingerprint density at radius 3 is 3.31 bits per heavy atom. The molecule has 70 valence electrons. The van der Waals surface area contributed by atoms with Gasteiger partial charge in [-0.3, -0.25) is 4.79 Å². The maximum absolute atomic E-state index is 11.1. The number of carbonyl (C=O) groups is 1. The molecule has 1 amide bonds. The van der Waals surface area contributed by atoms with Crippen LogP contribution < -0.4 is 11.1 Å². The summed E-state index contributed by atoms with van der Waals surface area (Å²) in [5.41, 5.74) is 6.00. The van der Waals surface area contributed by atoms with Crippen LogP contribution in [0, 0.1) is 0 Å². The second-order valence-electron chi connectivity index (χ2n) is 3.17. The van der Waals surface area contributed by atoms with Crippen molar-refractivity contribution in [3.8, 4) is 0 Å². The summed E-state index contributed by atoms with van der Waals surface area (Å²) in [5, 5.41) is 3.34. The van der Waals surface area contributed by atoms with Crippen molar-refractivity contribution in [1.29, 1.82) is 0 Å². The molecule has 0 aromatic carbocycles. The summed E-state index contributed by atoms with van der Waals surface area (Å²) in [4.78, 5) is 12.2. The Kier molecular flexibility index (Phi) is 2.42. The second-order valence-corrected chi connectivity index (χ2v) is 4.18. The molecule has 3 nitrogen and oxygen atoms in total. The summed E-state index contributed by atoms with van der Waals surface area (Å²) in [7, 11) is 0. The molecule has 0 saturated carbocycles. The largest absolute Gasteiger partial charge is 0.366 e. The summed E-state index contributed by atoms with van der Waals surface area (Å²) in [6.45, 7) is 0. The van der Waals surface area contributed by atoms with Crippen molar-refractivity contribution in [2.24, 2.45) is 5.73 Å². The molecule has 1 heterocycles. The SMILES string of the molecule is NC(=O)C1=C2SCNC2CCC=C1. The minimum Gasteiger partial charge on any atom is -0.366 e. The van der Waals surface area contributed by atoms with Crippen molar-refractivity contribution in [2.75, 3.05) is 5.88 Å². The van der Waals surface area contributed by atoms with Gasteiger partial charge in [-0.1, -0.05) is 12.2 Å². The van der Waals surface area contributed by atoms with Gasteiger partial charge < -0.3 is 11.1 Å². The fourth-order valence-electron chi connectivity index (χ4n) is 1.66. The first-order valence-electron chi connectivity index (χ1n) is 4.36. The number of rotatable bonds is 1. The Balaban J connectivity index is 2.38. The van der Waals surface area contributed by atoms with Crippen LogP contribution >= 0.6 is 11.8 Å². The van der Waals surface area contributed by atoms with Gasteiger partial charge in [0.1, 0.15) is 0 Å². The zero-order valence-corrected chi connectivity index (χ0v) is 8.06. The lowest BCUT2D eigenvalue weighted by Gasteiger charge is -2.09. The Bertz CT molecular complexity index is 296. The first-order chi connectivity index (χ1) is 6.29. The topological polar surface area (TPSA) is 55.1 Å². The number of hydrogen-bond acceptors (Lipinski definition) is 3. The molecule has 0 spiro atoms. The van der Waals surface area contributed by atoms with E-state index in [1.165, 1.54) is 0 Å². The van der Waals surface area contributed by atoms with Crippen LogP contribution in [0.4, 0.5) is 0 Å². The predicted octanol–water partition coefficient (Wildman–Crippen LogP) is 0.738. The van der Waals surface area contributed by atoms with Crippen molar-refractivity contribution in [3.05, 3.63) is 22.6 Å². The first-order valence-corrected chi connectivity index (χ1v) is 5.34. The summed E-state index contributed by atoms with van der Waals surface area (Å²) in [5.74, 6) is 0.583. The predicted molar refractivity (Wildman–Crippen MR) is 54.0 cm³/mol. The van der Waals surface area contributed by atoms with Crippen molar-refractivity contribution in [1.82, 2.24) is 5.32 Å². The van der Waals surface area contributed by atoms with Gasteiger partial charge in [0, 0.05) is 22.4 Å². The van der Waals surface area contributed by atoms with Crippen LogP contribution in [-0.2, 0) is 4.79 Å². The molecule has 3 N–H and O–H groups in total. The van der Waals surface area contributed by atoms with Gasteiger partial charge in [-0.15, -0.1) is 11.8 Å². The van der Waals surface area contributed by atoms with Gasteiger partial charge in [-0.2, -0.15) is 0 Å². The fraction of sp³-hybridized carbons (Fsp3) is 0.444. The molecular formula is C9H12N2OS. The minimum absolute atomic E-state index is 0.311. The number of carbonyl (C=O) groups excluding carboxylic acids is 1. The number of allylic oxidation sites excluding steroid dienone is 1. The smallest absolute Gasteiger partial charge is 0.249 e. The second kappa shape index (κ2) is 3.55. The van der Waals surface area contributed by atoms with E-state index < -0.39 is 0 Å². The van der Waals surface area contributed by atoms with Gasteiger partial charge >= 0.3 is 0 Å². The number of thioether (sulfide) groups is 1. The molecule has 0 aromatic rings. The third-order valence-corrected chi connectivity index (χ3v) is 3.44. The molecule has 1 aliphatic carbocycles. The lowest BCUT2D eigenvalue weighted by molar-refractivity contribution is -0.114. The molecule has 2 aliphatic rings. The van der Waals surface area contributed by atoms with Crippen LogP contribution in [0.1, 0.15) is 12.8 Å². The Labute approximate surface area is 81.4 Å². The monoisotopic (exact) mass is 196 g/mol. The van der Waals surface area contributed by atoms with Crippen molar-refractivity contribution >= 4 is 17.7 Å². The maximum Gasteiger partial charge on any atom is 0.249 e. The molecule has 1 fully saturated rings. The number of primary amides is 1. The molecule has 4 heteroatoms. The number of nitrogens with two attached hydrogens (primary N) is 1. The van der Waals surface area contributed by atoms with E-state index in [0.29, 0.717) is 11.6 Å². The van der Waals surface area contributed by atoms with E-state index in [2.05, 4.69) is 5.32 Å². The van der Waals surface area contributed by atoms with E-state index in [1.54, 1.807) is 11.8 Å². The first kappa shape index (κ1) is 8.84.